The lowest BCUT2D eigenvalue weighted by Gasteiger charge is -2.35. The summed E-state index contributed by atoms with van der Waals surface area (Å²) in [6.07, 6.45) is 0. The SMILES string of the molecule is CC(C)(C)OOCN1CCN(c2ccccc2)CC1. The quantitative estimate of drug-likeness (QED) is 0.616. The maximum absolute atomic E-state index is 5.29. The summed E-state index contributed by atoms with van der Waals surface area (Å²) in [6.45, 7) is 10.6. The van der Waals surface area contributed by atoms with Gasteiger partial charge in [0.05, 0.1) is 5.60 Å². The van der Waals surface area contributed by atoms with E-state index in [2.05, 4.69) is 40.1 Å². The fourth-order valence-electron chi connectivity index (χ4n) is 2.05. The minimum absolute atomic E-state index is 0.244. The Morgan fingerprint density at radius 1 is 1.00 bits per heavy atom. The van der Waals surface area contributed by atoms with E-state index in [1.54, 1.807) is 0 Å². The number of benzene rings is 1. The maximum atomic E-state index is 5.29. The number of para-hydroxylation sites is 1. The molecule has 106 valence electrons. The van der Waals surface area contributed by atoms with Gasteiger partial charge < -0.3 is 4.90 Å². The van der Waals surface area contributed by atoms with Gasteiger partial charge in [0.1, 0.15) is 6.73 Å². The summed E-state index contributed by atoms with van der Waals surface area (Å²) in [6, 6.07) is 10.5. The molecule has 4 nitrogen and oxygen atoms in total. The molecule has 0 aliphatic carbocycles. The highest BCUT2D eigenvalue weighted by atomic mass is 17.2. The predicted octanol–water partition coefficient (Wildman–Crippen LogP) is 2.51. The third-order valence-corrected chi connectivity index (χ3v) is 3.04. The molecule has 0 saturated carbocycles. The summed E-state index contributed by atoms with van der Waals surface area (Å²) >= 11 is 0. The molecule has 0 atom stereocenters. The summed E-state index contributed by atoms with van der Waals surface area (Å²) in [7, 11) is 0. The zero-order valence-electron chi connectivity index (χ0n) is 12.1. The molecule has 1 aromatic rings. The van der Waals surface area contributed by atoms with E-state index in [0.29, 0.717) is 6.73 Å². The van der Waals surface area contributed by atoms with Gasteiger partial charge in [0.2, 0.25) is 0 Å². The van der Waals surface area contributed by atoms with Gasteiger partial charge in [0.25, 0.3) is 0 Å². The van der Waals surface area contributed by atoms with Crippen molar-refractivity contribution in [3.8, 4) is 0 Å². The van der Waals surface area contributed by atoms with Crippen LogP contribution < -0.4 is 4.90 Å². The summed E-state index contributed by atoms with van der Waals surface area (Å²) in [4.78, 5) is 15.2. The Kier molecular flexibility index (Phi) is 4.80. The third-order valence-electron chi connectivity index (χ3n) is 3.04. The first-order valence-electron chi connectivity index (χ1n) is 6.87. The van der Waals surface area contributed by atoms with Crippen LogP contribution >= 0.6 is 0 Å². The van der Waals surface area contributed by atoms with E-state index >= 15 is 0 Å². The maximum Gasteiger partial charge on any atom is 0.135 e. The third kappa shape index (κ3) is 4.82. The van der Waals surface area contributed by atoms with Gasteiger partial charge >= 0.3 is 0 Å². The van der Waals surface area contributed by atoms with Crippen LogP contribution in [0.25, 0.3) is 0 Å². The topological polar surface area (TPSA) is 24.9 Å². The van der Waals surface area contributed by atoms with E-state index in [4.69, 9.17) is 9.78 Å². The summed E-state index contributed by atoms with van der Waals surface area (Å²) < 4.78 is 0. The summed E-state index contributed by atoms with van der Waals surface area (Å²) in [5, 5.41) is 0. The molecule has 1 fully saturated rings. The highest BCUT2D eigenvalue weighted by Crippen LogP contribution is 2.15. The molecule has 4 heteroatoms. The molecule has 19 heavy (non-hydrogen) atoms. The highest BCUT2D eigenvalue weighted by molar-refractivity contribution is 5.46. The van der Waals surface area contributed by atoms with Crippen molar-refractivity contribution < 1.29 is 9.78 Å². The van der Waals surface area contributed by atoms with Crippen LogP contribution in [0.15, 0.2) is 30.3 Å². The van der Waals surface area contributed by atoms with Gasteiger partial charge in [0, 0.05) is 31.9 Å². The first-order chi connectivity index (χ1) is 9.04. The molecule has 1 saturated heterocycles. The molecule has 1 aliphatic rings. The minimum atomic E-state index is -0.244. The van der Waals surface area contributed by atoms with Gasteiger partial charge in [0.15, 0.2) is 0 Å². The molecule has 0 spiro atoms. The van der Waals surface area contributed by atoms with Crippen molar-refractivity contribution in [3.63, 3.8) is 0 Å². The second kappa shape index (κ2) is 6.37. The van der Waals surface area contributed by atoms with Crippen LogP contribution in [0.1, 0.15) is 20.8 Å². The normalized spacial score (nSPS) is 17.7. The van der Waals surface area contributed by atoms with Crippen LogP contribution in [0, 0.1) is 0 Å². The summed E-state index contributed by atoms with van der Waals surface area (Å²) in [5.41, 5.74) is 1.06. The molecular weight excluding hydrogens is 240 g/mol. The van der Waals surface area contributed by atoms with E-state index in [0.717, 1.165) is 26.2 Å². The first kappa shape index (κ1) is 14.3. The van der Waals surface area contributed by atoms with Crippen LogP contribution in [0.4, 0.5) is 5.69 Å². The van der Waals surface area contributed by atoms with Crippen LogP contribution in [-0.4, -0.2) is 43.4 Å². The van der Waals surface area contributed by atoms with E-state index in [9.17, 15) is 0 Å². The van der Waals surface area contributed by atoms with Gasteiger partial charge in [-0.1, -0.05) is 18.2 Å². The number of anilines is 1. The monoisotopic (exact) mass is 264 g/mol. The Morgan fingerprint density at radius 3 is 2.21 bits per heavy atom. The van der Waals surface area contributed by atoms with Gasteiger partial charge in [-0.2, -0.15) is 0 Å². The molecule has 1 aliphatic heterocycles. The van der Waals surface area contributed by atoms with Gasteiger partial charge in [-0.3, -0.25) is 4.90 Å². The fourth-order valence-corrected chi connectivity index (χ4v) is 2.05. The molecule has 0 bridgehead atoms. The van der Waals surface area contributed by atoms with Crippen molar-refractivity contribution in [2.75, 3.05) is 37.8 Å². The Morgan fingerprint density at radius 2 is 1.63 bits per heavy atom. The number of rotatable bonds is 4. The minimum Gasteiger partial charge on any atom is -0.369 e. The first-order valence-corrected chi connectivity index (χ1v) is 6.87. The molecule has 1 aromatic carbocycles. The predicted molar refractivity (Wildman–Crippen MR) is 77.0 cm³/mol. The van der Waals surface area contributed by atoms with E-state index in [-0.39, 0.29) is 5.60 Å². The number of hydrogen-bond donors (Lipinski definition) is 0. The average molecular weight is 264 g/mol. The van der Waals surface area contributed by atoms with Crippen LogP contribution in [0.3, 0.4) is 0 Å². The highest BCUT2D eigenvalue weighted by Gasteiger charge is 2.18. The molecule has 0 N–H and O–H groups in total. The number of piperazine rings is 1. The van der Waals surface area contributed by atoms with Gasteiger partial charge in [-0.05, 0) is 32.9 Å². The van der Waals surface area contributed by atoms with Crippen LogP contribution in [0.2, 0.25) is 0 Å². The molecule has 0 aromatic heterocycles. The Bertz CT molecular complexity index is 367. The lowest BCUT2D eigenvalue weighted by atomic mass is 10.2. The Hall–Kier alpha value is -1.10. The summed E-state index contributed by atoms with van der Waals surface area (Å²) in [5.74, 6) is 0. The molecule has 1 heterocycles. The van der Waals surface area contributed by atoms with Crippen molar-refractivity contribution in [3.05, 3.63) is 30.3 Å². The Balaban J connectivity index is 1.71. The standard InChI is InChI=1S/C15H24N2O2/c1-15(2,3)19-18-13-16-9-11-17(12-10-16)14-7-5-4-6-8-14/h4-8H,9-13H2,1-3H3. The molecule has 0 radical (unpaired) electrons. The van der Waals surface area contributed by atoms with Crippen LogP contribution in [0.5, 0.6) is 0 Å². The van der Waals surface area contributed by atoms with E-state index in [1.165, 1.54) is 5.69 Å². The van der Waals surface area contributed by atoms with Crippen molar-refractivity contribution >= 4 is 5.69 Å². The number of hydrogen-bond acceptors (Lipinski definition) is 4. The lowest BCUT2D eigenvalue weighted by Crippen LogP contribution is -2.47. The molecular formula is C15H24N2O2. The molecule has 0 amide bonds. The smallest absolute Gasteiger partial charge is 0.135 e. The zero-order valence-corrected chi connectivity index (χ0v) is 12.1. The largest absolute Gasteiger partial charge is 0.369 e. The zero-order chi connectivity index (χ0) is 13.7. The lowest BCUT2D eigenvalue weighted by molar-refractivity contribution is -0.364. The van der Waals surface area contributed by atoms with Crippen molar-refractivity contribution in [1.82, 2.24) is 4.90 Å². The molecule has 2 rings (SSSR count). The second-order valence-corrected chi connectivity index (χ2v) is 5.88. The fraction of sp³-hybridized carbons (Fsp3) is 0.600. The van der Waals surface area contributed by atoms with E-state index in [1.807, 2.05) is 20.8 Å². The van der Waals surface area contributed by atoms with Crippen molar-refractivity contribution in [2.45, 2.75) is 26.4 Å². The molecule has 0 unspecified atom stereocenters. The Labute approximate surface area is 115 Å². The van der Waals surface area contributed by atoms with Gasteiger partial charge in [-0.15, -0.1) is 0 Å². The van der Waals surface area contributed by atoms with Crippen molar-refractivity contribution in [2.24, 2.45) is 0 Å². The van der Waals surface area contributed by atoms with Gasteiger partial charge in [-0.25, -0.2) is 9.78 Å². The van der Waals surface area contributed by atoms with E-state index < -0.39 is 0 Å². The van der Waals surface area contributed by atoms with Crippen LogP contribution in [-0.2, 0) is 9.78 Å². The second-order valence-electron chi connectivity index (χ2n) is 5.88. The van der Waals surface area contributed by atoms with Crippen molar-refractivity contribution in [1.29, 1.82) is 0 Å². The average Bonchev–Trinajstić information content (AvgIpc) is 2.39. The number of nitrogens with zero attached hydrogens (tertiary/aromatic N) is 2.